The zero-order valence-corrected chi connectivity index (χ0v) is 11.8. The number of rotatable bonds is 6. The van der Waals surface area contributed by atoms with Crippen LogP contribution in [0.5, 0.6) is 5.75 Å². The second kappa shape index (κ2) is 7.05. The van der Waals surface area contributed by atoms with E-state index in [9.17, 15) is 9.18 Å². The lowest BCUT2D eigenvalue weighted by atomic mass is 10.2. The van der Waals surface area contributed by atoms with Crippen LogP contribution in [0.3, 0.4) is 0 Å². The van der Waals surface area contributed by atoms with Crippen molar-refractivity contribution in [2.45, 2.75) is 11.8 Å². The van der Waals surface area contributed by atoms with Gasteiger partial charge in [-0.05, 0) is 25.1 Å². The Bertz CT molecular complexity index is 604. The van der Waals surface area contributed by atoms with Crippen molar-refractivity contribution in [2.24, 2.45) is 0 Å². The van der Waals surface area contributed by atoms with E-state index in [4.69, 9.17) is 4.74 Å². The Morgan fingerprint density at radius 2 is 2.15 bits per heavy atom. The zero-order chi connectivity index (χ0) is 14.4. The molecule has 0 saturated heterocycles. The summed E-state index contributed by atoms with van der Waals surface area (Å²) >= 11 is 1.18. The van der Waals surface area contributed by atoms with E-state index in [2.05, 4.69) is 4.98 Å². The highest BCUT2D eigenvalue weighted by atomic mass is 32.2. The summed E-state index contributed by atoms with van der Waals surface area (Å²) in [5.41, 5.74) is 0.472. The molecule has 5 heteroatoms. The first-order chi connectivity index (χ1) is 9.70. The lowest BCUT2D eigenvalue weighted by molar-refractivity contribution is 0.102. The van der Waals surface area contributed by atoms with E-state index in [1.165, 1.54) is 24.0 Å². The zero-order valence-electron chi connectivity index (χ0n) is 11.0. The molecule has 104 valence electrons. The van der Waals surface area contributed by atoms with Crippen LogP contribution in [-0.2, 0) is 0 Å². The van der Waals surface area contributed by atoms with Crippen molar-refractivity contribution in [3.8, 4) is 5.75 Å². The second-order valence-corrected chi connectivity index (χ2v) is 5.00. The monoisotopic (exact) mass is 291 g/mol. The molecule has 0 bridgehead atoms. The molecule has 0 aliphatic carbocycles. The Hall–Kier alpha value is -1.88. The average molecular weight is 291 g/mol. The molecule has 0 N–H and O–H groups in total. The van der Waals surface area contributed by atoms with Crippen molar-refractivity contribution >= 4 is 17.5 Å². The van der Waals surface area contributed by atoms with E-state index in [1.54, 1.807) is 30.5 Å². The number of Topliss-reactive ketones (excluding diaryl/α,β-unsaturated/α-hetero) is 1. The molecule has 0 radical (unpaired) electrons. The number of benzene rings is 1. The number of pyridine rings is 1. The molecule has 1 aromatic heterocycles. The number of carbonyl (C=O) groups is 1. The van der Waals surface area contributed by atoms with Crippen LogP contribution < -0.4 is 4.74 Å². The number of ketones is 1. The molecular formula is C15H14FNO2S. The predicted molar refractivity (Wildman–Crippen MR) is 76.9 cm³/mol. The number of nitrogens with zero attached hydrogens (tertiary/aromatic N) is 1. The van der Waals surface area contributed by atoms with Crippen molar-refractivity contribution in [3.05, 3.63) is 54.1 Å². The maximum atomic E-state index is 13.4. The van der Waals surface area contributed by atoms with Gasteiger partial charge in [0, 0.05) is 16.7 Å². The molecule has 0 amide bonds. The van der Waals surface area contributed by atoms with Gasteiger partial charge in [0.05, 0.1) is 18.6 Å². The molecule has 1 heterocycles. The summed E-state index contributed by atoms with van der Waals surface area (Å²) in [5, 5.41) is 0. The minimum Gasteiger partial charge on any atom is -0.492 e. The smallest absolute Gasteiger partial charge is 0.174 e. The summed E-state index contributed by atoms with van der Waals surface area (Å²) in [4.78, 5) is 16.5. The van der Waals surface area contributed by atoms with E-state index in [-0.39, 0.29) is 17.4 Å². The summed E-state index contributed by atoms with van der Waals surface area (Å²) in [7, 11) is 0. The normalized spacial score (nSPS) is 10.3. The highest BCUT2D eigenvalue weighted by molar-refractivity contribution is 8.00. The first-order valence-electron chi connectivity index (χ1n) is 6.19. The van der Waals surface area contributed by atoms with Crippen molar-refractivity contribution in [3.63, 3.8) is 0 Å². The van der Waals surface area contributed by atoms with Gasteiger partial charge in [0.15, 0.2) is 5.78 Å². The standard InChI is InChI=1S/C15H14FNO2S/c1-2-19-12-7-11(8-17-9-12)14(18)10-20-15-6-4-3-5-13(15)16/h3-9H,2,10H2,1H3. The Balaban J connectivity index is 2.01. The van der Waals surface area contributed by atoms with Gasteiger partial charge in [-0.3, -0.25) is 9.78 Å². The summed E-state index contributed by atoms with van der Waals surface area (Å²) in [5.74, 6) is 0.311. The second-order valence-electron chi connectivity index (χ2n) is 3.98. The van der Waals surface area contributed by atoms with Crippen LogP contribution in [0.2, 0.25) is 0 Å². The molecule has 3 nitrogen and oxygen atoms in total. The van der Waals surface area contributed by atoms with E-state index in [1.807, 2.05) is 6.92 Å². The SMILES string of the molecule is CCOc1cncc(C(=O)CSc2ccccc2F)c1. The van der Waals surface area contributed by atoms with Crippen LogP contribution in [0.15, 0.2) is 47.6 Å². The fourth-order valence-corrected chi connectivity index (χ4v) is 2.44. The lowest BCUT2D eigenvalue weighted by Crippen LogP contribution is -2.04. The van der Waals surface area contributed by atoms with Gasteiger partial charge in [-0.2, -0.15) is 0 Å². The van der Waals surface area contributed by atoms with Gasteiger partial charge in [-0.15, -0.1) is 11.8 Å². The Morgan fingerprint density at radius 3 is 2.90 bits per heavy atom. The largest absolute Gasteiger partial charge is 0.492 e. The Morgan fingerprint density at radius 1 is 1.35 bits per heavy atom. The van der Waals surface area contributed by atoms with Crippen molar-refractivity contribution in [1.82, 2.24) is 4.98 Å². The van der Waals surface area contributed by atoms with E-state index < -0.39 is 0 Å². The molecule has 0 atom stereocenters. The van der Waals surface area contributed by atoms with Crippen LogP contribution >= 0.6 is 11.8 Å². The molecule has 20 heavy (non-hydrogen) atoms. The van der Waals surface area contributed by atoms with Crippen LogP contribution in [-0.4, -0.2) is 23.1 Å². The van der Waals surface area contributed by atoms with Crippen LogP contribution in [0.4, 0.5) is 4.39 Å². The summed E-state index contributed by atoms with van der Waals surface area (Å²) in [6.07, 6.45) is 3.05. The van der Waals surface area contributed by atoms with Gasteiger partial charge in [0.2, 0.25) is 0 Å². The molecule has 0 fully saturated rings. The maximum Gasteiger partial charge on any atom is 0.174 e. The molecule has 0 spiro atoms. The Labute approximate surface area is 121 Å². The topological polar surface area (TPSA) is 39.2 Å². The summed E-state index contributed by atoms with van der Waals surface area (Å²) in [6.45, 7) is 2.38. The van der Waals surface area contributed by atoms with E-state index in [0.29, 0.717) is 22.8 Å². The fraction of sp³-hybridized carbons (Fsp3) is 0.200. The van der Waals surface area contributed by atoms with Gasteiger partial charge in [0.25, 0.3) is 0 Å². The molecule has 0 unspecified atom stereocenters. The maximum absolute atomic E-state index is 13.4. The van der Waals surface area contributed by atoms with Crippen molar-refractivity contribution in [1.29, 1.82) is 0 Å². The lowest BCUT2D eigenvalue weighted by Gasteiger charge is -2.05. The Kier molecular flexibility index (Phi) is 5.12. The number of hydrogen-bond donors (Lipinski definition) is 0. The molecule has 0 aliphatic heterocycles. The number of ether oxygens (including phenoxy) is 1. The predicted octanol–water partition coefficient (Wildman–Crippen LogP) is 3.59. The van der Waals surface area contributed by atoms with Crippen molar-refractivity contribution in [2.75, 3.05) is 12.4 Å². The molecule has 2 rings (SSSR count). The number of halogens is 1. The molecule has 0 aliphatic rings. The highest BCUT2D eigenvalue weighted by Gasteiger charge is 2.10. The quantitative estimate of drug-likeness (QED) is 0.602. The molecular weight excluding hydrogens is 277 g/mol. The molecule has 2 aromatic rings. The number of aromatic nitrogens is 1. The van der Waals surface area contributed by atoms with Crippen LogP contribution in [0.1, 0.15) is 17.3 Å². The summed E-state index contributed by atoms with van der Waals surface area (Å²) in [6, 6.07) is 8.05. The highest BCUT2D eigenvalue weighted by Crippen LogP contribution is 2.22. The van der Waals surface area contributed by atoms with Crippen LogP contribution in [0, 0.1) is 5.82 Å². The van der Waals surface area contributed by atoms with Gasteiger partial charge >= 0.3 is 0 Å². The number of hydrogen-bond acceptors (Lipinski definition) is 4. The van der Waals surface area contributed by atoms with Gasteiger partial charge < -0.3 is 4.74 Å². The minimum absolute atomic E-state index is 0.104. The fourth-order valence-electron chi connectivity index (χ4n) is 1.61. The number of thioether (sulfide) groups is 1. The van der Waals surface area contributed by atoms with E-state index >= 15 is 0 Å². The average Bonchev–Trinajstić information content (AvgIpc) is 2.47. The van der Waals surface area contributed by atoms with Gasteiger partial charge in [0.1, 0.15) is 11.6 Å². The van der Waals surface area contributed by atoms with Crippen LogP contribution in [0.25, 0.3) is 0 Å². The van der Waals surface area contributed by atoms with Gasteiger partial charge in [-0.25, -0.2) is 4.39 Å². The summed E-state index contributed by atoms with van der Waals surface area (Å²) < 4.78 is 18.7. The molecule has 0 saturated carbocycles. The van der Waals surface area contributed by atoms with Gasteiger partial charge in [-0.1, -0.05) is 12.1 Å². The van der Waals surface area contributed by atoms with E-state index in [0.717, 1.165) is 0 Å². The minimum atomic E-state index is -0.313. The molecule has 1 aromatic carbocycles. The number of carbonyl (C=O) groups excluding carboxylic acids is 1. The van der Waals surface area contributed by atoms with Crippen molar-refractivity contribution < 1.29 is 13.9 Å². The third kappa shape index (κ3) is 3.81. The third-order valence-electron chi connectivity index (χ3n) is 2.54. The third-order valence-corrected chi connectivity index (χ3v) is 3.59. The first kappa shape index (κ1) is 14.5. The first-order valence-corrected chi connectivity index (χ1v) is 7.17.